The number of hydrogen-bond donors (Lipinski definition) is 0. The summed E-state index contributed by atoms with van der Waals surface area (Å²) in [5, 5.41) is 1.32. The molecule has 2 heteroatoms. The fourth-order valence-corrected chi connectivity index (χ4v) is 2.45. The summed E-state index contributed by atoms with van der Waals surface area (Å²) in [5.41, 5.74) is 3.99. The van der Waals surface area contributed by atoms with Crippen molar-refractivity contribution in [1.82, 2.24) is 9.55 Å². The Labute approximate surface area is 107 Å². The van der Waals surface area contributed by atoms with E-state index in [0.29, 0.717) is 0 Å². The molecule has 18 heavy (non-hydrogen) atoms. The van der Waals surface area contributed by atoms with Crippen molar-refractivity contribution in [3.05, 3.63) is 66.1 Å². The molecule has 0 amide bonds. The minimum atomic E-state index is 0.883. The van der Waals surface area contributed by atoms with Gasteiger partial charge in [-0.05, 0) is 35.1 Å². The highest BCUT2D eigenvalue weighted by molar-refractivity contribution is 5.83. The highest BCUT2D eigenvalue weighted by Crippen LogP contribution is 2.21. The zero-order valence-corrected chi connectivity index (χ0v) is 10.5. The number of aromatic nitrogens is 2. The minimum Gasteiger partial charge on any atom is -0.343 e. The first-order chi connectivity index (χ1) is 8.88. The van der Waals surface area contributed by atoms with E-state index in [2.05, 4.69) is 53.0 Å². The zero-order valence-electron chi connectivity index (χ0n) is 10.5. The van der Waals surface area contributed by atoms with Crippen LogP contribution in [0.2, 0.25) is 0 Å². The first-order valence-corrected chi connectivity index (χ1v) is 6.34. The number of aryl methyl sites for hydroxylation is 1. The van der Waals surface area contributed by atoms with Crippen LogP contribution >= 0.6 is 0 Å². The molecule has 0 saturated heterocycles. The SMILES string of the molecule is CCc1cccc2ccn(Cc3cccnc3)c12. The van der Waals surface area contributed by atoms with Gasteiger partial charge in [0.25, 0.3) is 0 Å². The van der Waals surface area contributed by atoms with Crippen LogP contribution in [0.15, 0.2) is 55.0 Å². The summed E-state index contributed by atoms with van der Waals surface area (Å²) in [6, 6.07) is 12.8. The summed E-state index contributed by atoms with van der Waals surface area (Å²) in [5.74, 6) is 0. The van der Waals surface area contributed by atoms with Crippen LogP contribution < -0.4 is 0 Å². The Morgan fingerprint density at radius 2 is 2.06 bits per heavy atom. The third-order valence-corrected chi connectivity index (χ3v) is 3.33. The van der Waals surface area contributed by atoms with Crippen molar-refractivity contribution in [2.75, 3.05) is 0 Å². The van der Waals surface area contributed by atoms with Crippen molar-refractivity contribution >= 4 is 10.9 Å². The van der Waals surface area contributed by atoms with E-state index >= 15 is 0 Å². The van der Waals surface area contributed by atoms with Crippen molar-refractivity contribution in [1.29, 1.82) is 0 Å². The predicted molar refractivity (Wildman–Crippen MR) is 74.7 cm³/mol. The van der Waals surface area contributed by atoms with E-state index in [9.17, 15) is 0 Å². The van der Waals surface area contributed by atoms with Crippen LogP contribution in [0.4, 0.5) is 0 Å². The number of pyridine rings is 1. The lowest BCUT2D eigenvalue weighted by molar-refractivity contribution is 0.826. The first kappa shape index (κ1) is 11.0. The molecule has 0 aliphatic heterocycles. The number of benzene rings is 1. The average Bonchev–Trinajstić information content (AvgIpc) is 2.83. The minimum absolute atomic E-state index is 0.883. The summed E-state index contributed by atoms with van der Waals surface area (Å²) in [7, 11) is 0. The van der Waals surface area contributed by atoms with Crippen molar-refractivity contribution < 1.29 is 0 Å². The quantitative estimate of drug-likeness (QED) is 0.678. The summed E-state index contributed by atoms with van der Waals surface area (Å²) < 4.78 is 2.31. The molecule has 0 spiro atoms. The Morgan fingerprint density at radius 3 is 2.83 bits per heavy atom. The van der Waals surface area contributed by atoms with Gasteiger partial charge in [0.1, 0.15) is 0 Å². The number of para-hydroxylation sites is 1. The lowest BCUT2D eigenvalue weighted by atomic mass is 10.1. The molecule has 3 rings (SSSR count). The second-order valence-corrected chi connectivity index (χ2v) is 4.51. The predicted octanol–water partition coefficient (Wildman–Crippen LogP) is 3.65. The van der Waals surface area contributed by atoms with Gasteiger partial charge in [0.15, 0.2) is 0 Å². The molecule has 0 aliphatic carbocycles. The second-order valence-electron chi connectivity index (χ2n) is 4.51. The van der Waals surface area contributed by atoms with Crippen molar-refractivity contribution in [3.63, 3.8) is 0 Å². The summed E-state index contributed by atoms with van der Waals surface area (Å²) in [6.45, 7) is 3.09. The van der Waals surface area contributed by atoms with E-state index in [1.54, 1.807) is 0 Å². The first-order valence-electron chi connectivity index (χ1n) is 6.34. The van der Waals surface area contributed by atoms with Crippen molar-refractivity contribution in [3.8, 4) is 0 Å². The number of rotatable bonds is 3. The molecule has 2 aromatic heterocycles. The molecule has 2 heterocycles. The van der Waals surface area contributed by atoms with Crippen LogP contribution in [0.5, 0.6) is 0 Å². The fraction of sp³-hybridized carbons (Fsp3) is 0.188. The molecule has 0 saturated carbocycles. The topological polar surface area (TPSA) is 17.8 Å². The van der Waals surface area contributed by atoms with Crippen LogP contribution in [-0.2, 0) is 13.0 Å². The standard InChI is InChI=1S/C16H16N2/c1-2-14-6-3-7-15-8-10-18(16(14)15)12-13-5-4-9-17-11-13/h3-11H,2,12H2,1H3. The third-order valence-electron chi connectivity index (χ3n) is 3.33. The van der Waals surface area contributed by atoms with Crippen molar-refractivity contribution in [2.24, 2.45) is 0 Å². The molecular weight excluding hydrogens is 220 g/mol. The van der Waals surface area contributed by atoms with Gasteiger partial charge < -0.3 is 4.57 Å². The van der Waals surface area contributed by atoms with Crippen molar-refractivity contribution in [2.45, 2.75) is 19.9 Å². The molecule has 0 unspecified atom stereocenters. The Hall–Kier alpha value is -2.09. The summed E-state index contributed by atoms with van der Waals surface area (Å²) in [4.78, 5) is 4.17. The zero-order chi connectivity index (χ0) is 12.4. The van der Waals surface area contributed by atoms with Crippen LogP contribution in [0, 0.1) is 0 Å². The van der Waals surface area contributed by atoms with Crippen LogP contribution in [0.25, 0.3) is 10.9 Å². The van der Waals surface area contributed by atoms with Gasteiger partial charge in [0, 0.05) is 25.1 Å². The molecule has 90 valence electrons. The van der Waals surface area contributed by atoms with E-state index in [1.165, 1.54) is 22.0 Å². The van der Waals surface area contributed by atoms with Gasteiger partial charge in [-0.3, -0.25) is 4.98 Å². The van der Waals surface area contributed by atoms with Gasteiger partial charge >= 0.3 is 0 Å². The molecule has 2 nitrogen and oxygen atoms in total. The lowest BCUT2D eigenvalue weighted by Gasteiger charge is -2.08. The Bertz CT molecular complexity index is 653. The average molecular weight is 236 g/mol. The molecule has 0 bridgehead atoms. The fourth-order valence-electron chi connectivity index (χ4n) is 2.45. The third kappa shape index (κ3) is 1.90. The Morgan fingerprint density at radius 1 is 1.11 bits per heavy atom. The van der Waals surface area contributed by atoms with Gasteiger partial charge in [-0.15, -0.1) is 0 Å². The molecule has 0 fully saturated rings. The maximum Gasteiger partial charge on any atom is 0.0515 e. The Kier molecular flexibility index (Phi) is 2.85. The largest absolute Gasteiger partial charge is 0.343 e. The van der Waals surface area contributed by atoms with Gasteiger partial charge in [-0.2, -0.15) is 0 Å². The molecule has 3 aromatic rings. The molecule has 1 aromatic carbocycles. The highest BCUT2D eigenvalue weighted by Gasteiger charge is 2.05. The molecule has 0 radical (unpaired) electrons. The maximum absolute atomic E-state index is 4.17. The number of nitrogens with zero attached hydrogens (tertiary/aromatic N) is 2. The highest BCUT2D eigenvalue weighted by atomic mass is 15.0. The van der Waals surface area contributed by atoms with E-state index in [1.807, 2.05) is 18.5 Å². The van der Waals surface area contributed by atoms with Crippen LogP contribution in [0.1, 0.15) is 18.1 Å². The maximum atomic E-state index is 4.17. The Balaban J connectivity index is 2.07. The van der Waals surface area contributed by atoms with Crippen LogP contribution in [0.3, 0.4) is 0 Å². The van der Waals surface area contributed by atoms with Gasteiger partial charge in [0.2, 0.25) is 0 Å². The smallest absolute Gasteiger partial charge is 0.0515 e. The van der Waals surface area contributed by atoms with Gasteiger partial charge in [-0.1, -0.05) is 31.2 Å². The van der Waals surface area contributed by atoms with E-state index in [4.69, 9.17) is 0 Å². The van der Waals surface area contributed by atoms with Crippen LogP contribution in [-0.4, -0.2) is 9.55 Å². The van der Waals surface area contributed by atoms with E-state index in [0.717, 1.165) is 13.0 Å². The summed E-state index contributed by atoms with van der Waals surface area (Å²) in [6.07, 6.45) is 6.97. The van der Waals surface area contributed by atoms with Gasteiger partial charge in [-0.25, -0.2) is 0 Å². The summed E-state index contributed by atoms with van der Waals surface area (Å²) >= 11 is 0. The number of fused-ring (bicyclic) bond motifs is 1. The number of hydrogen-bond acceptors (Lipinski definition) is 1. The molecule has 0 atom stereocenters. The molecular formula is C16H16N2. The van der Waals surface area contributed by atoms with E-state index in [-0.39, 0.29) is 0 Å². The monoisotopic (exact) mass is 236 g/mol. The molecule has 0 N–H and O–H groups in total. The van der Waals surface area contributed by atoms with Gasteiger partial charge in [0.05, 0.1) is 5.52 Å². The second kappa shape index (κ2) is 4.65. The lowest BCUT2D eigenvalue weighted by Crippen LogP contribution is -2.00. The normalized spacial score (nSPS) is 10.9. The molecule has 0 aliphatic rings. The van der Waals surface area contributed by atoms with E-state index < -0.39 is 0 Å².